The molecule has 8 heavy (non-hydrogen) atoms. The van der Waals surface area contributed by atoms with E-state index >= 15 is 0 Å². The van der Waals surface area contributed by atoms with Gasteiger partial charge in [-0.15, -0.1) is 24.0 Å². The molecule has 1 unspecified atom stereocenters. The van der Waals surface area contributed by atoms with Crippen molar-refractivity contribution < 1.29 is 28.2 Å². The molecule has 0 amide bonds. The SMILES string of the molecule is F.F.F.F.F.F.I.P. The van der Waals surface area contributed by atoms with E-state index in [-0.39, 0.29) is 62.1 Å². The quantitative estimate of drug-likeness (QED) is 0.359. The van der Waals surface area contributed by atoms with Crippen molar-refractivity contribution >= 4 is 33.9 Å². The molecule has 0 aliphatic carbocycles. The average molecular weight is 282 g/mol. The summed E-state index contributed by atoms with van der Waals surface area (Å²) in [5.74, 6) is 0. The van der Waals surface area contributed by atoms with Crippen molar-refractivity contribution in [3.05, 3.63) is 0 Å². The third-order valence-electron chi connectivity index (χ3n) is 0. The minimum atomic E-state index is 0. The van der Waals surface area contributed by atoms with Gasteiger partial charge >= 0.3 is 0 Å². The first-order chi connectivity index (χ1) is 0. The largest absolute Gasteiger partial charge is 0.269 e. The van der Waals surface area contributed by atoms with Crippen LogP contribution in [-0.2, 0) is 0 Å². The molecule has 0 aromatic heterocycles. The summed E-state index contributed by atoms with van der Waals surface area (Å²) in [7, 11) is 0. The third-order valence-corrected chi connectivity index (χ3v) is 0. The Balaban J connectivity index is 0. The predicted molar refractivity (Wildman–Crippen MR) is 41.5 cm³/mol. The Kier molecular flexibility index (Phi) is 76700. The maximum Gasteiger partial charge on any atom is -0.107 e. The van der Waals surface area contributed by atoms with Crippen LogP contribution in [0.4, 0.5) is 28.2 Å². The Morgan fingerprint density at radius 2 is 0.375 bits per heavy atom. The number of halogens is 7. The Hall–Kier alpha value is 0.740. The highest BCUT2D eigenvalue weighted by Gasteiger charge is -0.107. The number of rotatable bonds is 0. The minimum absolute atomic E-state index is 0. The molecule has 0 nitrogen and oxygen atoms in total. The topological polar surface area (TPSA) is 0 Å². The van der Waals surface area contributed by atoms with Crippen LogP contribution in [0, 0.1) is 0 Å². The molecule has 0 aliphatic rings. The summed E-state index contributed by atoms with van der Waals surface area (Å²) < 4.78 is 0. The average Bonchev–Trinajstić information content (AvgIpc) is 0. The van der Waals surface area contributed by atoms with E-state index in [1.54, 1.807) is 0 Å². The molecule has 0 fully saturated rings. The van der Waals surface area contributed by atoms with E-state index in [1.165, 1.54) is 0 Å². The second kappa shape index (κ2) is 642. The summed E-state index contributed by atoms with van der Waals surface area (Å²) in [6.45, 7) is 0. The summed E-state index contributed by atoms with van der Waals surface area (Å²) in [5, 5.41) is 0. The Labute approximate surface area is 62.6 Å². The van der Waals surface area contributed by atoms with E-state index in [0.717, 1.165) is 0 Å². The zero-order valence-corrected chi connectivity index (χ0v) is 7.31. The van der Waals surface area contributed by atoms with Gasteiger partial charge in [0.2, 0.25) is 0 Å². The van der Waals surface area contributed by atoms with Gasteiger partial charge in [0, 0.05) is 0 Å². The van der Waals surface area contributed by atoms with E-state index in [1.807, 2.05) is 0 Å². The molecule has 0 bridgehead atoms. The third kappa shape index (κ3) is 406. The molecule has 0 rings (SSSR count). The molecule has 8 heteroatoms. The first-order valence-corrected chi connectivity index (χ1v) is 0. The highest BCUT2D eigenvalue weighted by Crippen LogP contribution is 0.886. The van der Waals surface area contributed by atoms with Gasteiger partial charge in [-0.3, -0.25) is 28.2 Å². The smallest absolute Gasteiger partial charge is 0.107 e. The molecule has 0 aliphatic heterocycles. The van der Waals surface area contributed by atoms with Gasteiger partial charge in [0.15, 0.2) is 0 Å². The van der Waals surface area contributed by atoms with Gasteiger partial charge in [0.25, 0.3) is 0 Å². The maximum atomic E-state index is 0. The van der Waals surface area contributed by atoms with Crippen LogP contribution < -0.4 is 0 Å². The minimum Gasteiger partial charge on any atom is -0.269 e. The van der Waals surface area contributed by atoms with Crippen molar-refractivity contribution in [2.45, 2.75) is 0 Å². The van der Waals surface area contributed by atoms with Crippen molar-refractivity contribution in [1.82, 2.24) is 0 Å². The monoisotopic (exact) mass is 282 g/mol. The molecule has 0 radical (unpaired) electrons. The predicted octanol–water partition coefficient (Wildman–Crippen LogP) is 1.59. The van der Waals surface area contributed by atoms with E-state index < -0.39 is 0 Å². The van der Waals surface area contributed by atoms with Crippen LogP contribution >= 0.6 is 33.9 Å². The van der Waals surface area contributed by atoms with Crippen LogP contribution in [-0.4, -0.2) is 0 Å². The Morgan fingerprint density at radius 1 is 0.375 bits per heavy atom. The van der Waals surface area contributed by atoms with E-state index in [0.29, 0.717) is 0 Å². The van der Waals surface area contributed by atoms with Gasteiger partial charge in [-0.05, 0) is 0 Å². The first kappa shape index (κ1) is 956. The zero-order valence-electron chi connectivity index (χ0n) is 3.56. The molecule has 0 heterocycles. The van der Waals surface area contributed by atoms with Crippen molar-refractivity contribution in [2.75, 3.05) is 0 Å². The number of hydrogen-bond acceptors (Lipinski definition) is 0. The van der Waals surface area contributed by atoms with Gasteiger partial charge in [-0.2, -0.15) is 9.90 Å². The van der Waals surface area contributed by atoms with Gasteiger partial charge in [-0.1, -0.05) is 0 Å². The summed E-state index contributed by atoms with van der Waals surface area (Å²) in [4.78, 5) is 0. The molecule has 0 saturated carbocycles. The summed E-state index contributed by atoms with van der Waals surface area (Å²) in [6, 6.07) is 0. The van der Waals surface area contributed by atoms with Crippen LogP contribution in [0.15, 0.2) is 0 Å². The molecular weight excluding hydrogens is 272 g/mol. The fourth-order valence-corrected chi connectivity index (χ4v) is 0. The second-order valence-corrected chi connectivity index (χ2v) is 0. The fourth-order valence-electron chi connectivity index (χ4n) is 0. The van der Waals surface area contributed by atoms with Crippen LogP contribution in [0.25, 0.3) is 0 Å². The van der Waals surface area contributed by atoms with Crippen LogP contribution in [0.3, 0.4) is 0 Å². The van der Waals surface area contributed by atoms with E-state index in [2.05, 4.69) is 0 Å². The van der Waals surface area contributed by atoms with Crippen molar-refractivity contribution in [1.29, 1.82) is 0 Å². The molecule has 0 spiro atoms. The summed E-state index contributed by atoms with van der Waals surface area (Å²) >= 11 is 0. The van der Waals surface area contributed by atoms with Gasteiger partial charge in [0.1, 0.15) is 0 Å². The standard InChI is InChI=1S/6FH.HI.H3P/h7*1H;1H3. The van der Waals surface area contributed by atoms with E-state index in [9.17, 15) is 0 Å². The highest BCUT2D eigenvalue weighted by molar-refractivity contribution is 14.0. The Bertz CT molecular complexity index is 8.49. The summed E-state index contributed by atoms with van der Waals surface area (Å²) in [6.07, 6.45) is 0. The second-order valence-electron chi connectivity index (χ2n) is 0. The lowest BCUT2D eigenvalue weighted by atomic mass is 19.0. The maximum absolute atomic E-state index is 0. The Morgan fingerprint density at radius 3 is 0.375 bits per heavy atom. The van der Waals surface area contributed by atoms with Crippen LogP contribution in [0.1, 0.15) is 0 Å². The zero-order chi connectivity index (χ0) is 0. The lowest BCUT2D eigenvalue weighted by Gasteiger charge is -0.270. The van der Waals surface area contributed by atoms with E-state index in [4.69, 9.17) is 0 Å². The molecule has 64 valence electrons. The molecule has 1 atom stereocenters. The fraction of sp³-hybridized carbons (Fsp3) is 0. The van der Waals surface area contributed by atoms with Crippen molar-refractivity contribution in [3.63, 3.8) is 0 Å². The van der Waals surface area contributed by atoms with Crippen LogP contribution in [0.2, 0.25) is 0 Å². The highest BCUT2D eigenvalue weighted by atomic mass is 127. The van der Waals surface area contributed by atoms with Crippen molar-refractivity contribution in [3.8, 4) is 0 Å². The van der Waals surface area contributed by atoms with Gasteiger partial charge in [0.05, 0.1) is 0 Å². The number of hydrogen-bond donors (Lipinski definition) is 0. The molecule has 0 N–H and O–H groups in total. The molecule has 0 saturated heterocycles. The van der Waals surface area contributed by atoms with Gasteiger partial charge in [-0.25, -0.2) is 0 Å². The molecule has 0 aromatic rings. The lowest BCUT2D eigenvalue weighted by molar-refractivity contribution is 1.11. The summed E-state index contributed by atoms with van der Waals surface area (Å²) in [5.41, 5.74) is 0. The first-order valence-electron chi connectivity index (χ1n) is 0. The van der Waals surface area contributed by atoms with Crippen molar-refractivity contribution in [2.24, 2.45) is 0 Å². The lowest BCUT2D eigenvalue weighted by Crippen LogP contribution is 0.419. The van der Waals surface area contributed by atoms with Gasteiger partial charge < -0.3 is 0 Å². The molecule has 0 aromatic carbocycles. The van der Waals surface area contributed by atoms with Crippen LogP contribution in [0.5, 0.6) is 0 Å². The molecular formula is H10F6IP. The normalized spacial score (nSPS) is 0.